The van der Waals surface area contributed by atoms with Gasteiger partial charge >= 0.3 is 12.1 Å². The van der Waals surface area contributed by atoms with Gasteiger partial charge in [0.05, 0.1) is 16.8 Å². The number of phenols is 1. The van der Waals surface area contributed by atoms with Crippen LogP contribution in [0.5, 0.6) is 17.5 Å². The number of rotatable bonds is 11. The molecule has 3 aromatic carbocycles. The van der Waals surface area contributed by atoms with Gasteiger partial charge in [-0.05, 0) is 37.1 Å². The topological polar surface area (TPSA) is 118 Å². The monoisotopic (exact) mass is 555 g/mol. The summed E-state index contributed by atoms with van der Waals surface area (Å²) in [6.45, 7) is 5.56. The standard InChI is InChI=1S/C31H30FN5O4/c1-3-5-16-37(17-6-4-2)30-34-29(32)35-31(36-30)41-20-11-9-10-19(18-20)33-23-14-15-24(38)26-25(23)27(39)21-12-7-8-13-22(21)28(26)40/h7-15,18,33,38H,3-6,16-17H2,1-2H3. The number of nitrogens with one attached hydrogen (secondary N) is 1. The molecule has 2 N–H and O–H groups in total. The molecule has 0 saturated heterocycles. The number of aromatic hydroxyl groups is 1. The van der Waals surface area contributed by atoms with E-state index in [2.05, 4.69) is 34.1 Å². The number of carbonyl (C=O) groups excluding carboxylic acids is 2. The molecule has 0 amide bonds. The van der Waals surface area contributed by atoms with Crippen molar-refractivity contribution in [1.29, 1.82) is 0 Å². The molecule has 9 nitrogen and oxygen atoms in total. The van der Waals surface area contributed by atoms with Gasteiger partial charge in [0.2, 0.25) is 5.95 Å². The summed E-state index contributed by atoms with van der Waals surface area (Å²) < 4.78 is 20.2. The zero-order chi connectivity index (χ0) is 28.9. The number of aromatic nitrogens is 3. The first-order valence-electron chi connectivity index (χ1n) is 13.7. The summed E-state index contributed by atoms with van der Waals surface area (Å²) >= 11 is 0. The fraction of sp³-hybridized carbons (Fsp3) is 0.258. The van der Waals surface area contributed by atoms with Crippen molar-refractivity contribution in [3.05, 3.63) is 89.0 Å². The highest BCUT2D eigenvalue weighted by atomic mass is 19.1. The molecule has 1 aromatic heterocycles. The van der Waals surface area contributed by atoms with E-state index < -0.39 is 11.9 Å². The van der Waals surface area contributed by atoms with E-state index in [9.17, 15) is 19.1 Å². The molecule has 0 bridgehead atoms. The summed E-state index contributed by atoms with van der Waals surface area (Å²) in [5.74, 6) is -0.517. The molecule has 1 aliphatic rings. The third-order valence-corrected chi connectivity index (χ3v) is 6.80. The summed E-state index contributed by atoms with van der Waals surface area (Å²) in [5, 5.41) is 13.6. The predicted molar refractivity (Wildman–Crippen MR) is 153 cm³/mol. The van der Waals surface area contributed by atoms with Crippen LogP contribution in [0, 0.1) is 6.08 Å². The van der Waals surface area contributed by atoms with Crippen LogP contribution in [0.3, 0.4) is 0 Å². The van der Waals surface area contributed by atoms with Gasteiger partial charge in [-0.3, -0.25) is 9.59 Å². The highest BCUT2D eigenvalue weighted by molar-refractivity contribution is 6.31. The molecule has 0 radical (unpaired) electrons. The number of fused-ring (bicyclic) bond motifs is 2. The van der Waals surface area contributed by atoms with Crippen LogP contribution in [0.25, 0.3) is 0 Å². The summed E-state index contributed by atoms with van der Waals surface area (Å²) in [5.41, 5.74) is 1.43. The molecule has 0 unspecified atom stereocenters. The first-order valence-corrected chi connectivity index (χ1v) is 13.7. The average Bonchev–Trinajstić information content (AvgIpc) is 2.97. The number of benzene rings is 3. The number of carbonyl (C=O) groups is 2. The van der Waals surface area contributed by atoms with Gasteiger partial charge in [-0.25, -0.2) is 0 Å². The Balaban J connectivity index is 1.41. The van der Waals surface area contributed by atoms with E-state index in [-0.39, 0.29) is 45.7 Å². The molecule has 1 heterocycles. The number of anilines is 3. The lowest BCUT2D eigenvalue weighted by atomic mass is 9.82. The Morgan fingerprint density at radius 3 is 2.22 bits per heavy atom. The minimum Gasteiger partial charge on any atom is -0.507 e. The van der Waals surface area contributed by atoms with Crippen molar-refractivity contribution in [2.75, 3.05) is 23.3 Å². The van der Waals surface area contributed by atoms with Crippen LogP contribution in [-0.2, 0) is 0 Å². The fourth-order valence-corrected chi connectivity index (χ4v) is 4.73. The molecule has 0 atom stereocenters. The molecule has 0 spiro atoms. The Bertz CT molecular complexity index is 1600. The van der Waals surface area contributed by atoms with Gasteiger partial charge in [0, 0.05) is 36.0 Å². The van der Waals surface area contributed by atoms with Crippen molar-refractivity contribution < 1.29 is 23.8 Å². The van der Waals surface area contributed by atoms with Gasteiger partial charge in [-0.1, -0.05) is 57.0 Å². The van der Waals surface area contributed by atoms with E-state index >= 15 is 0 Å². The quantitative estimate of drug-likeness (QED) is 0.178. The van der Waals surface area contributed by atoms with E-state index in [0.29, 0.717) is 30.2 Å². The van der Waals surface area contributed by atoms with Crippen LogP contribution in [-0.4, -0.2) is 44.7 Å². The van der Waals surface area contributed by atoms with Crippen LogP contribution in [0.2, 0.25) is 0 Å². The third-order valence-electron chi connectivity index (χ3n) is 6.80. The van der Waals surface area contributed by atoms with Crippen molar-refractivity contribution in [3.63, 3.8) is 0 Å². The second kappa shape index (κ2) is 12.1. The molecular formula is C31H30FN5O4. The maximum Gasteiger partial charge on any atom is 0.329 e. The minimum atomic E-state index is -0.934. The third kappa shape index (κ3) is 5.86. The van der Waals surface area contributed by atoms with E-state index in [1.807, 2.05) is 4.90 Å². The Labute approximate surface area is 237 Å². The number of ketones is 2. The summed E-state index contributed by atoms with van der Waals surface area (Å²) in [4.78, 5) is 40.5. The van der Waals surface area contributed by atoms with Crippen molar-refractivity contribution in [3.8, 4) is 17.5 Å². The van der Waals surface area contributed by atoms with Crippen LogP contribution >= 0.6 is 0 Å². The first-order chi connectivity index (χ1) is 19.9. The molecule has 10 heteroatoms. The van der Waals surface area contributed by atoms with Crippen molar-refractivity contribution in [1.82, 2.24) is 15.0 Å². The molecular weight excluding hydrogens is 525 g/mol. The molecule has 41 heavy (non-hydrogen) atoms. The highest BCUT2D eigenvalue weighted by Crippen LogP contribution is 2.38. The van der Waals surface area contributed by atoms with Crippen LogP contribution < -0.4 is 15.0 Å². The maximum absolute atomic E-state index is 14.4. The van der Waals surface area contributed by atoms with E-state index in [4.69, 9.17) is 4.74 Å². The number of nitrogens with zero attached hydrogens (tertiary/aromatic N) is 4. The van der Waals surface area contributed by atoms with Crippen LogP contribution in [0.4, 0.5) is 21.7 Å². The van der Waals surface area contributed by atoms with Crippen molar-refractivity contribution in [2.24, 2.45) is 0 Å². The second-order valence-electron chi connectivity index (χ2n) is 9.72. The Hall–Kier alpha value is -4.86. The van der Waals surface area contributed by atoms with Crippen LogP contribution in [0.15, 0.2) is 60.7 Å². The lowest BCUT2D eigenvalue weighted by Gasteiger charge is -2.22. The molecule has 0 fully saturated rings. The largest absolute Gasteiger partial charge is 0.507 e. The van der Waals surface area contributed by atoms with Gasteiger partial charge in [0.15, 0.2) is 11.6 Å². The number of phenolic OH excluding ortho intramolecular Hbond substituents is 1. The first kappa shape index (κ1) is 27.7. The van der Waals surface area contributed by atoms with E-state index in [1.54, 1.807) is 48.5 Å². The maximum atomic E-state index is 14.4. The van der Waals surface area contributed by atoms with E-state index in [1.165, 1.54) is 12.1 Å². The normalized spacial score (nSPS) is 12.1. The SMILES string of the molecule is CCCCN(CCCC)c1nc(F)nc(Oc2cccc(Nc3ccc(O)c4c3C(=O)c3ccccc3C4=O)c2)n1. The number of halogens is 1. The van der Waals surface area contributed by atoms with Gasteiger partial charge in [0.1, 0.15) is 11.5 Å². The smallest absolute Gasteiger partial charge is 0.329 e. The molecule has 4 aromatic rings. The van der Waals surface area contributed by atoms with E-state index in [0.717, 1.165) is 25.7 Å². The molecule has 0 aliphatic heterocycles. The fourth-order valence-electron chi connectivity index (χ4n) is 4.73. The minimum absolute atomic E-state index is 0.0463. The molecule has 0 saturated carbocycles. The van der Waals surface area contributed by atoms with Gasteiger partial charge < -0.3 is 20.1 Å². The average molecular weight is 556 g/mol. The number of ether oxygens (including phenoxy) is 1. The summed E-state index contributed by atoms with van der Waals surface area (Å²) in [6.07, 6.45) is 2.87. The zero-order valence-electron chi connectivity index (χ0n) is 22.9. The van der Waals surface area contributed by atoms with Crippen LogP contribution in [0.1, 0.15) is 71.4 Å². The molecule has 5 rings (SSSR count). The summed E-state index contributed by atoms with van der Waals surface area (Å²) in [7, 11) is 0. The van der Waals surface area contributed by atoms with Crippen molar-refractivity contribution in [2.45, 2.75) is 39.5 Å². The lowest BCUT2D eigenvalue weighted by molar-refractivity contribution is 0.0977. The highest BCUT2D eigenvalue weighted by Gasteiger charge is 2.34. The second-order valence-corrected chi connectivity index (χ2v) is 9.72. The zero-order valence-corrected chi connectivity index (χ0v) is 22.9. The molecule has 210 valence electrons. The number of hydrogen-bond acceptors (Lipinski definition) is 9. The molecule has 1 aliphatic carbocycles. The van der Waals surface area contributed by atoms with Gasteiger partial charge in [0.25, 0.3) is 0 Å². The number of hydrogen-bond donors (Lipinski definition) is 2. The predicted octanol–water partition coefficient (Wildman–Crippen LogP) is 6.43. The Kier molecular flexibility index (Phi) is 8.19. The van der Waals surface area contributed by atoms with Crippen molar-refractivity contribution >= 4 is 28.9 Å². The summed E-state index contributed by atoms with van der Waals surface area (Å²) in [6, 6.07) is 16.0. The van der Waals surface area contributed by atoms with Gasteiger partial charge in [-0.2, -0.15) is 14.4 Å². The Morgan fingerprint density at radius 1 is 0.854 bits per heavy atom. The Morgan fingerprint density at radius 2 is 1.54 bits per heavy atom. The number of unbranched alkanes of at least 4 members (excludes halogenated alkanes) is 2. The van der Waals surface area contributed by atoms with Gasteiger partial charge in [-0.15, -0.1) is 4.98 Å². The lowest BCUT2D eigenvalue weighted by Crippen LogP contribution is -2.28.